The molecule has 2 aromatic carbocycles. The van der Waals surface area contributed by atoms with E-state index in [4.69, 9.17) is 10.5 Å². The third kappa shape index (κ3) is 2.46. The number of anilines is 1. The van der Waals surface area contributed by atoms with Crippen LogP contribution < -0.4 is 16.2 Å². The molecule has 0 amide bonds. The second-order valence-corrected chi connectivity index (χ2v) is 4.96. The predicted octanol–water partition coefficient (Wildman–Crippen LogP) is 1.80. The van der Waals surface area contributed by atoms with Crippen LogP contribution in [0.1, 0.15) is 10.4 Å². The van der Waals surface area contributed by atoms with Crippen LogP contribution in [0.5, 0.6) is 5.75 Å². The average molecular weight is 297 g/mol. The van der Waals surface area contributed by atoms with Crippen molar-refractivity contribution in [3.63, 3.8) is 0 Å². The third-order valence-corrected chi connectivity index (χ3v) is 3.47. The van der Waals surface area contributed by atoms with E-state index >= 15 is 0 Å². The highest BCUT2D eigenvalue weighted by molar-refractivity contribution is 5.92. The minimum atomic E-state index is -0.459. The number of nitrogens with one attached hydrogen (secondary N) is 1. The Kier molecular flexibility index (Phi) is 3.42. The first kappa shape index (κ1) is 13.9. The first-order chi connectivity index (χ1) is 10.6. The van der Waals surface area contributed by atoms with Crippen molar-refractivity contribution >= 4 is 22.6 Å². The van der Waals surface area contributed by atoms with E-state index in [9.17, 15) is 9.59 Å². The lowest BCUT2D eigenvalue weighted by molar-refractivity contribution is 0.0915. The molecule has 0 aliphatic heterocycles. The molecule has 0 spiro atoms. The molecule has 0 atom stereocenters. The normalized spacial score (nSPS) is 10.8. The lowest BCUT2D eigenvalue weighted by Gasteiger charge is -2.04. The minimum Gasteiger partial charge on any atom is -0.497 e. The van der Waals surface area contributed by atoms with Crippen LogP contribution in [0.25, 0.3) is 11.0 Å². The molecule has 0 aliphatic rings. The molecule has 0 bridgehead atoms. The van der Waals surface area contributed by atoms with Gasteiger partial charge in [0.1, 0.15) is 5.75 Å². The topological polar surface area (TPSA) is 90.1 Å². The fourth-order valence-electron chi connectivity index (χ4n) is 2.36. The monoisotopic (exact) mass is 297 g/mol. The first-order valence-corrected chi connectivity index (χ1v) is 6.75. The van der Waals surface area contributed by atoms with Gasteiger partial charge in [0, 0.05) is 5.69 Å². The second kappa shape index (κ2) is 5.40. The van der Waals surface area contributed by atoms with E-state index in [1.807, 2.05) is 0 Å². The SMILES string of the molecule is COc1ccc(CC(=O)n2c(=O)[nH]c3ccc(N)cc32)cc1. The average Bonchev–Trinajstić information content (AvgIpc) is 2.83. The van der Waals surface area contributed by atoms with Crippen LogP contribution in [-0.4, -0.2) is 22.6 Å². The summed E-state index contributed by atoms with van der Waals surface area (Å²) >= 11 is 0. The number of methoxy groups -OCH3 is 1. The maximum atomic E-state index is 12.4. The number of aromatic nitrogens is 2. The number of rotatable bonds is 3. The molecule has 0 saturated heterocycles. The molecule has 0 aliphatic carbocycles. The van der Waals surface area contributed by atoms with Gasteiger partial charge in [-0.3, -0.25) is 4.79 Å². The van der Waals surface area contributed by atoms with Gasteiger partial charge in [-0.25, -0.2) is 9.36 Å². The fraction of sp³-hybridized carbons (Fsp3) is 0.125. The summed E-state index contributed by atoms with van der Waals surface area (Å²) in [7, 11) is 1.58. The zero-order chi connectivity index (χ0) is 15.7. The highest BCUT2D eigenvalue weighted by Crippen LogP contribution is 2.16. The van der Waals surface area contributed by atoms with Crippen LogP contribution in [0.4, 0.5) is 5.69 Å². The Labute approximate surface area is 126 Å². The summed E-state index contributed by atoms with van der Waals surface area (Å²) in [4.78, 5) is 27.1. The molecule has 3 aromatic rings. The Bertz CT molecular complexity index is 891. The number of ether oxygens (including phenoxy) is 1. The number of nitrogens with zero attached hydrogens (tertiary/aromatic N) is 1. The second-order valence-electron chi connectivity index (χ2n) is 4.96. The Morgan fingerprint density at radius 3 is 2.64 bits per heavy atom. The van der Waals surface area contributed by atoms with E-state index in [2.05, 4.69) is 4.98 Å². The summed E-state index contributed by atoms with van der Waals surface area (Å²) < 4.78 is 6.20. The van der Waals surface area contributed by atoms with Gasteiger partial charge in [-0.2, -0.15) is 0 Å². The highest BCUT2D eigenvalue weighted by Gasteiger charge is 2.14. The van der Waals surface area contributed by atoms with Crippen LogP contribution in [0.15, 0.2) is 47.3 Å². The molecule has 22 heavy (non-hydrogen) atoms. The van der Waals surface area contributed by atoms with Crippen molar-refractivity contribution < 1.29 is 9.53 Å². The van der Waals surface area contributed by atoms with Crippen molar-refractivity contribution in [3.05, 3.63) is 58.5 Å². The molecule has 6 heteroatoms. The smallest absolute Gasteiger partial charge is 0.333 e. The number of nitrogens with two attached hydrogens (primary N) is 1. The van der Waals surface area contributed by atoms with E-state index in [0.29, 0.717) is 22.5 Å². The summed E-state index contributed by atoms with van der Waals surface area (Å²) in [5.74, 6) is 0.403. The van der Waals surface area contributed by atoms with Crippen molar-refractivity contribution in [1.82, 2.24) is 9.55 Å². The summed E-state index contributed by atoms with van der Waals surface area (Å²) in [6, 6.07) is 12.1. The molecule has 0 unspecified atom stereocenters. The minimum absolute atomic E-state index is 0.117. The van der Waals surface area contributed by atoms with Crippen molar-refractivity contribution in [2.75, 3.05) is 12.8 Å². The molecular weight excluding hydrogens is 282 g/mol. The van der Waals surface area contributed by atoms with Crippen LogP contribution in [0, 0.1) is 0 Å². The van der Waals surface area contributed by atoms with E-state index in [0.717, 1.165) is 10.1 Å². The maximum Gasteiger partial charge on any atom is 0.333 e. The number of hydrogen-bond donors (Lipinski definition) is 2. The van der Waals surface area contributed by atoms with Gasteiger partial charge in [-0.05, 0) is 35.9 Å². The molecular formula is C16H15N3O3. The van der Waals surface area contributed by atoms with Crippen molar-refractivity contribution in [3.8, 4) is 5.75 Å². The predicted molar refractivity (Wildman–Crippen MR) is 84.3 cm³/mol. The first-order valence-electron chi connectivity index (χ1n) is 6.75. The zero-order valence-corrected chi connectivity index (χ0v) is 12.0. The Hall–Kier alpha value is -3.02. The molecule has 3 N–H and O–H groups in total. The standard InChI is InChI=1S/C16H15N3O3/c1-22-12-5-2-10(3-6-12)8-15(20)19-14-9-11(17)4-7-13(14)18-16(19)21/h2-7,9H,8,17H2,1H3,(H,18,21). The van der Waals surface area contributed by atoms with Gasteiger partial charge in [-0.15, -0.1) is 0 Å². The molecule has 112 valence electrons. The highest BCUT2D eigenvalue weighted by atomic mass is 16.5. The Morgan fingerprint density at radius 2 is 1.95 bits per heavy atom. The maximum absolute atomic E-state index is 12.4. The summed E-state index contributed by atoms with van der Waals surface area (Å²) in [6.45, 7) is 0. The van der Waals surface area contributed by atoms with E-state index < -0.39 is 5.69 Å². The van der Waals surface area contributed by atoms with Crippen molar-refractivity contribution in [1.29, 1.82) is 0 Å². The lowest BCUT2D eigenvalue weighted by atomic mass is 10.1. The van der Waals surface area contributed by atoms with Gasteiger partial charge in [0.15, 0.2) is 0 Å². The summed E-state index contributed by atoms with van der Waals surface area (Å²) in [6.07, 6.45) is 0.117. The molecule has 0 radical (unpaired) electrons. The number of hydrogen-bond acceptors (Lipinski definition) is 4. The number of fused-ring (bicyclic) bond motifs is 1. The number of H-pyrrole nitrogens is 1. The Balaban J connectivity index is 1.96. The van der Waals surface area contributed by atoms with Crippen LogP contribution in [-0.2, 0) is 6.42 Å². The van der Waals surface area contributed by atoms with Gasteiger partial charge >= 0.3 is 5.69 Å². The van der Waals surface area contributed by atoms with Gasteiger partial charge in [0.05, 0.1) is 24.6 Å². The van der Waals surface area contributed by atoms with Gasteiger partial charge in [-0.1, -0.05) is 12.1 Å². The van der Waals surface area contributed by atoms with E-state index in [1.165, 1.54) is 0 Å². The van der Waals surface area contributed by atoms with Crippen LogP contribution in [0.2, 0.25) is 0 Å². The molecule has 1 heterocycles. The van der Waals surface area contributed by atoms with E-state index in [-0.39, 0.29) is 12.3 Å². The number of benzene rings is 2. The van der Waals surface area contributed by atoms with Gasteiger partial charge in [0.25, 0.3) is 0 Å². The molecule has 1 aromatic heterocycles. The van der Waals surface area contributed by atoms with Gasteiger partial charge in [0.2, 0.25) is 5.91 Å². The zero-order valence-electron chi connectivity index (χ0n) is 12.0. The number of carbonyl (C=O) groups excluding carboxylic acids is 1. The van der Waals surface area contributed by atoms with E-state index in [1.54, 1.807) is 49.6 Å². The molecule has 0 saturated carbocycles. The molecule has 0 fully saturated rings. The molecule has 6 nitrogen and oxygen atoms in total. The Morgan fingerprint density at radius 1 is 1.23 bits per heavy atom. The summed E-state index contributed by atoms with van der Waals surface area (Å²) in [5.41, 5.74) is 7.65. The largest absolute Gasteiger partial charge is 0.497 e. The number of carbonyl (C=O) groups is 1. The number of imidazole rings is 1. The number of aromatic amines is 1. The quantitative estimate of drug-likeness (QED) is 0.721. The fourth-order valence-corrected chi connectivity index (χ4v) is 2.36. The van der Waals surface area contributed by atoms with Gasteiger partial charge < -0.3 is 15.5 Å². The molecule has 3 rings (SSSR count). The lowest BCUT2D eigenvalue weighted by Crippen LogP contribution is -2.25. The van der Waals surface area contributed by atoms with Crippen molar-refractivity contribution in [2.45, 2.75) is 6.42 Å². The van der Waals surface area contributed by atoms with Crippen LogP contribution in [0.3, 0.4) is 0 Å². The number of nitrogen functional groups attached to an aromatic ring is 1. The van der Waals surface area contributed by atoms with Crippen LogP contribution >= 0.6 is 0 Å². The van der Waals surface area contributed by atoms with Crippen molar-refractivity contribution in [2.24, 2.45) is 0 Å². The summed E-state index contributed by atoms with van der Waals surface area (Å²) in [5, 5.41) is 0. The third-order valence-electron chi connectivity index (χ3n) is 3.47.